The van der Waals surface area contributed by atoms with Crippen LogP contribution in [0.4, 0.5) is 0 Å². The number of hydrogen-bond donors (Lipinski definition) is 1. The van der Waals surface area contributed by atoms with Crippen molar-refractivity contribution in [3.05, 3.63) is 50.9 Å². The number of thiazole rings is 1. The molecule has 19 heavy (non-hydrogen) atoms. The number of carbonyl (C=O) groups excluding carboxylic acids is 1. The second kappa shape index (κ2) is 6.89. The zero-order chi connectivity index (χ0) is 13.7. The molecule has 100 valence electrons. The van der Waals surface area contributed by atoms with Crippen LogP contribution in [0.15, 0.2) is 29.6 Å². The first-order valence-corrected chi connectivity index (χ1v) is 7.47. The molecule has 0 aliphatic rings. The van der Waals surface area contributed by atoms with E-state index in [1.807, 2.05) is 29.6 Å². The number of aromatic nitrogens is 1. The van der Waals surface area contributed by atoms with Crippen LogP contribution in [-0.2, 0) is 17.8 Å². The molecule has 6 heteroatoms. The maximum atomic E-state index is 11.0. The van der Waals surface area contributed by atoms with Gasteiger partial charge in [-0.1, -0.05) is 23.7 Å². The summed E-state index contributed by atoms with van der Waals surface area (Å²) >= 11 is 12.8. The van der Waals surface area contributed by atoms with E-state index in [1.165, 1.54) is 0 Å². The van der Waals surface area contributed by atoms with Crippen LogP contribution < -0.4 is 5.32 Å². The Labute approximate surface area is 125 Å². The summed E-state index contributed by atoms with van der Waals surface area (Å²) in [5.74, 6) is -0.212. The summed E-state index contributed by atoms with van der Waals surface area (Å²) < 4.78 is 0. The Morgan fingerprint density at radius 2 is 2.05 bits per heavy atom. The standard InChI is InChI=1S/C13H12Cl2N2OS/c14-6-12(18)16-7-11-8-19-13(17-11)5-9-1-3-10(15)4-2-9/h1-4,8H,5-7H2,(H,16,18). The third-order valence-corrected chi connectivity index (χ3v) is 3.85. The molecule has 2 aromatic rings. The monoisotopic (exact) mass is 314 g/mol. The Bertz CT molecular complexity index is 554. The van der Waals surface area contributed by atoms with Crippen molar-refractivity contribution in [2.75, 3.05) is 5.88 Å². The third-order valence-electron chi connectivity index (χ3n) is 2.46. The van der Waals surface area contributed by atoms with Crippen molar-refractivity contribution in [1.82, 2.24) is 10.3 Å². The number of nitrogens with zero attached hydrogens (tertiary/aromatic N) is 1. The van der Waals surface area contributed by atoms with Gasteiger partial charge in [0.2, 0.25) is 5.91 Å². The molecule has 1 amide bonds. The van der Waals surface area contributed by atoms with Crippen LogP contribution in [0.1, 0.15) is 16.3 Å². The van der Waals surface area contributed by atoms with Gasteiger partial charge in [-0.3, -0.25) is 4.79 Å². The highest BCUT2D eigenvalue weighted by Crippen LogP contribution is 2.16. The quantitative estimate of drug-likeness (QED) is 0.861. The van der Waals surface area contributed by atoms with Gasteiger partial charge in [-0.2, -0.15) is 0 Å². The maximum absolute atomic E-state index is 11.0. The molecule has 0 spiro atoms. The molecule has 2 rings (SSSR count). The van der Waals surface area contributed by atoms with Crippen molar-refractivity contribution >= 4 is 40.4 Å². The first-order valence-electron chi connectivity index (χ1n) is 5.68. The first kappa shape index (κ1) is 14.3. The number of nitrogens with one attached hydrogen (secondary N) is 1. The lowest BCUT2D eigenvalue weighted by Gasteiger charge is -1.99. The highest BCUT2D eigenvalue weighted by Gasteiger charge is 2.05. The van der Waals surface area contributed by atoms with Crippen molar-refractivity contribution in [1.29, 1.82) is 0 Å². The molecule has 1 aromatic carbocycles. The van der Waals surface area contributed by atoms with Gasteiger partial charge in [0, 0.05) is 16.8 Å². The summed E-state index contributed by atoms with van der Waals surface area (Å²) in [5, 5.41) is 6.37. The number of benzene rings is 1. The van der Waals surface area contributed by atoms with E-state index < -0.39 is 0 Å². The van der Waals surface area contributed by atoms with Crippen LogP contribution in [-0.4, -0.2) is 16.8 Å². The fraction of sp³-hybridized carbons (Fsp3) is 0.231. The van der Waals surface area contributed by atoms with Gasteiger partial charge < -0.3 is 5.32 Å². The van der Waals surface area contributed by atoms with Gasteiger partial charge in [-0.05, 0) is 17.7 Å². The lowest BCUT2D eigenvalue weighted by Crippen LogP contribution is -2.23. The van der Waals surface area contributed by atoms with Crippen molar-refractivity contribution in [2.24, 2.45) is 0 Å². The fourth-order valence-electron chi connectivity index (χ4n) is 1.52. The van der Waals surface area contributed by atoms with E-state index in [0.29, 0.717) is 6.54 Å². The van der Waals surface area contributed by atoms with Gasteiger partial charge in [0.05, 0.1) is 17.2 Å². The minimum absolute atomic E-state index is 0.0260. The van der Waals surface area contributed by atoms with Gasteiger partial charge in [0.25, 0.3) is 0 Å². The normalized spacial score (nSPS) is 10.4. The van der Waals surface area contributed by atoms with Gasteiger partial charge in [-0.25, -0.2) is 4.98 Å². The van der Waals surface area contributed by atoms with Crippen molar-refractivity contribution in [2.45, 2.75) is 13.0 Å². The second-order valence-corrected chi connectivity index (χ2v) is 5.59. The van der Waals surface area contributed by atoms with E-state index in [9.17, 15) is 4.79 Å². The summed E-state index contributed by atoms with van der Waals surface area (Å²) in [6.07, 6.45) is 0.769. The number of rotatable bonds is 5. The van der Waals surface area contributed by atoms with Gasteiger partial charge in [0.15, 0.2) is 0 Å². The molecule has 1 heterocycles. The molecular weight excluding hydrogens is 303 g/mol. The van der Waals surface area contributed by atoms with Crippen LogP contribution in [0, 0.1) is 0 Å². The Hall–Kier alpha value is -1.10. The molecule has 1 N–H and O–H groups in total. The molecule has 0 bridgehead atoms. The van der Waals surface area contributed by atoms with Crippen LogP contribution >= 0.6 is 34.5 Å². The highest BCUT2D eigenvalue weighted by molar-refractivity contribution is 7.09. The van der Waals surface area contributed by atoms with Gasteiger partial charge in [0.1, 0.15) is 5.88 Å². The molecule has 0 aliphatic heterocycles. The lowest BCUT2D eigenvalue weighted by atomic mass is 10.2. The van der Waals surface area contributed by atoms with Crippen molar-refractivity contribution in [3.8, 4) is 0 Å². The largest absolute Gasteiger partial charge is 0.349 e. The maximum Gasteiger partial charge on any atom is 0.235 e. The van der Waals surface area contributed by atoms with E-state index in [1.54, 1.807) is 11.3 Å². The van der Waals surface area contributed by atoms with Crippen molar-refractivity contribution < 1.29 is 4.79 Å². The first-order chi connectivity index (χ1) is 9.17. The molecule has 0 aliphatic carbocycles. The number of amides is 1. The van der Waals surface area contributed by atoms with Crippen molar-refractivity contribution in [3.63, 3.8) is 0 Å². The Kier molecular flexibility index (Phi) is 5.19. The molecule has 0 atom stereocenters. The average Bonchev–Trinajstić information content (AvgIpc) is 2.86. The summed E-state index contributed by atoms with van der Waals surface area (Å²) in [7, 11) is 0. The van der Waals surface area contributed by atoms with Crippen LogP contribution in [0.2, 0.25) is 5.02 Å². The van der Waals surface area contributed by atoms with Crippen LogP contribution in [0.25, 0.3) is 0 Å². The minimum atomic E-state index is -0.186. The predicted octanol–water partition coefficient (Wildman–Crippen LogP) is 3.24. The van der Waals surface area contributed by atoms with Gasteiger partial charge >= 0.3 is 0 Å². The van der Waals surface area contributed by atoms with E-state index in [-0.39, 0.29) is 11.8 Å². The molecular formula is C13H12Cl2N2OS. The molecule has 3 nitrogen and oxygen atoms in total. The van der Waals surface area contributed by atoms with E-state index in [2.05, 4.69) is 10.3 Å². The number of halogens is 2. The average molecular weight is 315 g/mol. The summed E-state index contributed by atoms with van der Waals surface area (Å²) in [5.41, 5.74) is 2.02. The van der Waals surface area contributed by atoms with Crippen LogP contribution in [0.3, 0.4) is 0 Å². The Morgan fingerprint density at radius 1 is 1.32 bits per heavy atom. The molecule has 0 saturated carbocycles. The zero-order valence-corrected chi connectivity index (χ0v) is 12.4. The second-order valence-electron chi connectivity index (χ2n) is 3.95. The lowest BCUT2D eigenvalue weighted by molar-refractivity contribution is -0.118. The van der Waals surface area contributed by atoms with E-state index in [0.717, 1.165) is 27.7 Å². The smallest absolute Gasteiger partial charge is 0.235 e. The van der Waals surface area contributed by atoms with Crippen LogP contribution in [0.5, 0.6) is 0 Å². The molecule has 1 aromatic heterocycles. The fourth-order valence-corrected chi connectivity index (χ4v) is 2.57. The Balaban J connectivity index is 1.93. The number of hydrogen-bond acceptors (Lipinski definition) is 3. The summed E-state index contributed by atoms with van der Waals surface area (Å²) in [6, 6.07) is 7.70. The summed E-state index contributed by atoms with van der Waals surface area (Å²) in [4.78, 5) is 15.5. The SMILES string of the molecule is O=C(CCl)NCc1csc(Cc2ccc(Cl)cc2)n1. The molecule has 0 unspecified atom stereocenters. The predicted molar refractivity (Wildman–Crippen MR) is 78.9 cm³/mol. The third kappa shape index (κ3) is 4.49. The summed E-state index contributed by atoms with van der Waals surface area (Å²) in [6.45, 7) is 0.419. The highest BCUT2D eigenvalue weighted by atomic mass is 35.5. The molecule has 0 saturated heterocycles. The topological polar surface area (TPSA) is 42.0 Å². The Morgan fingerprint density at radius 3 is 2.74 bits per heavy atom. The number of alkyl halides is 1. The van der Waals surface area contributed by atoms with Gasteiger partial charge in [-0.15, -0.1) is 22.9 Å². The zero-order valence-electron chi connectivity index (χ0n) is 10.0. The van der Waals surface area contributed by atoms with E-state index in [4.69, 9.17) is 23.2 Å². The molecule has 0 radical (unpaired) electrons. The number of carbonyl (C=O) groups is 1. The minimum Gasteiger partial charge on any atom is -0.349 e. The van der Waals surface area contributed by atoms with E-state index >= 15 is 0 Å². The molecule has 0 fully saturated rings.